The SMILES string of the molecule is COCC1(C(=O)NC2CCCC3OCCC23)CCNCC1.Cl. The summed E-state index contributed by atoms with van der Waals surface area (Å²) in [4.78, 5) is 12.9. The van der Waals surface area contributed by atoms with Gasteiger partial charge in [-0.05, 0) is 51.6 Å². The predicted molar refractivity (Wildman–Crippen MR) is 87.3 cm³/mol. The quantitative estimate of drug-likeness (QED) is 0.819. The van der Waals surface area contributed by atoms with E-state index in [-0.39, 0.29) is 23.7 Å². The zero-order chi connectivity index (χ0) is 14.7. The van der Waals surface area contributed by atoms with Crippen LogP contribution in [0.25, 0.3) is 0 Å². The Bertz CT molecular complexity index is 369. The van der Waals surface area contributed by atoms with Gasteiger partial charge in [0.1, 0.15) is 0 Å². The number of piperidine rings is 1. The van der Waals surface area contributed by atoms with Crippen molar-refractivity contribution in [3.8, 4) is 0 Å². The van der Waals surface area contributed by atoms with E-state index >= 15 is 0 Å². The average molecular weight is 333 g/mol. The van der Waals surface area contributed by atoms with Crippen LogP contribution in [-0.2, 0) is 14.3 Å². The number of rotatable bonds is 4. The highest BCUT2D eigenvalue weighted by Crippen LogP contribution is 2.36. The first-order valence-electron chi connectivity index (χ1n) is 8.37. The van der Waals surface area contributed by atoms with Crippen molar-refractivity contribution >= 4 is 18.3 Å². The second-order valence-corrected chi connectivity index (χ2v) is 6.84. The highest BCUT2D eigenvalue weighted by Gasteiger charge is 2.43. The molecule has 2 saturated heterocycles. The van der Waals surface area contributed by atoms with Crippen LogP contribution in [0.15, 0.2) is 0 Å². The van der Waals surface area contributed by atoms with E-state index in [1.54, 1.807) is 7.11 Å². The molecule has 0 aromatic rings. The molecule has 22 heavy (non-hydrogen) atoms. The van der Waals surface area contributed by atoms with E-state index in [1.807, 2.05) is 0 Å². The Morgan fingerprint density at radius 2 is 2.09 bits per heavy atom. The molecule has 0 aromatic heterocycles. The second kappa shape index (κ2) is 7.95. The van der Waals surface area contributed by atoms with Crippen LogP contribution in [-0.4, -0.2) is 51.5 Å². The monoisotopic (exact) mass is 332 g/mol. The molecule has 1 saturated carbocycles. The van der Waals surface area contributed by atoms with Crippen molar-refractivity contribution in [1.82, 2.24) is 10.6 Å². The van der Waals surface area contributed by atoms with Gasteiger partial charge in [-0.2, -0.15) is 0 Å². The van der Waals surface area contributed by atoms with Crippen LogP contribution in [0.3, 0.4) is 0 Å². The number of amides is 1. The van der Waals surface area contributed by atoms with Crippen LogP contribution in [0.4, 0.5) is 0 Å². The predicted octanol–water partition coefficient (Wildman–Crippen LogP) is 1.50. The van der Waals surface area contributed by atoms with Gasteiger partial charge < -0.3 is 20.1 Å². The molecule has 0 spiro atoms. The molecule has 0 bridgehead atoms. The van der Waals surface area contributed by atoms with Crippen LogP contribution < -0.4 is 10.6 Å². The molecule has 3 fully saturated rings. The van der Waals surface area contributed by atoms with Crippen molar-refractivity contribution in [3.63, 3.8) is 0 Å². The summed E-state index contributed by atoms with van der Waals surface area (Å²) in [5, 5.41) is 6.70. The minimum absolute atomic E-state index is 0. The number of ether oxygens (including phenoxy) is 2. The molecule has 3 atom stereocenters. The third-order valence-electron chi connectivity index (χ3n) is 5.56. The lowest BCUT2D eigenvalue weighted by Gasteiger charge is -2.39. The fourth-order valence-corrected chi connectivity index (χ4v) is 4.29. The van der Waals surface area contributed by atoms with Gasteiger partial charge in [-0.1, -0.05) is 0 Å². The maximum atomic E-state index is 12.9. The normalized spacial score (nSPS) is 33.6. The molecule has 6 heteroatoms. The Morgan fingerprint density at radius 3 is 2.82 bits per heavy atom. The lowest BCUT2D eigenvalue weighted by Crippen LogP contribution is -2.55. The summed E-state index contributed by atoms with van der Waals surface area (Å²) >= 11 is 0. The van der Waals surface area contributed by atoms with Crippen LogP contribution in [0.2, 0.25) is 0 Å². The maximum Gasteiger partial charge on any atom is 0.228 e. The van der Waals surface area contributed by atoms with E-state index in [0.29, 0.717) is 24.7 Å². The zero-order valence-corrected chi connectivity index (χ0v) is 14.3. The minimum atomic E-state index is -0.341. The molecule has 0 aromatic carbocycles. The first-order valence-corrected chi connectivity index (χ1v) is 8.37. The van der Waals surface area contributed by atoms with Gasteiger partial charge in [-0.25, -0.2) is 0 Å². The third-order valence-corrected chi connectivity index (χ3v) is 5.56. The van der Waals surface area contributed by atoms with Crippen molar-refractivity contribution in [2.45, 2.75) is 50.7 Å². The van der Waals surface area contributed by atoms with Gasteiger partial charge >= 0.3 is 0 Å². The summed E-state index contributed by atoms with van der Waals surface area (Å²) < 4.78 is 11.2. The maximum absolute atomic E-state index is 12.9. The van der Waals surface area contributed by atoms with Crippen LogP contribution >= 0.6 is 12.4 Å². The molecular formula is C16H29ClN2O3. The van der Waals surface area contributed by atoms with E-state index in [2.05, 4.69) is 10.6 Å². The molecule has 5 nitrogen and oxygen atoms in total. The largest absolute Gasteiger partial charge is 0.384 e. The molecule has 2 heterocycles. The average Bonchev–Trinajstić information content (AvgIpc) is 2.98. The van der Waals surface area contributed by atoms with E-state index in [1.165, 1.54) is 0 Å². The molecule has 3 unspecified atom stereocenters. The highest BCUT2D eigenvalue weighted by molar-refractivity contribution is 5.85. The number of halogens is 1. The molecule has 3 rings (SSSR count). The summed E-state index contributed by atoms with van der Waals surface area (Å²) in [6.07, 6.45) is 6.60. The number of hydrogen-bond acceptors (Lipinski definition) is 4. The van der Waals surface area contributed by atoms with E-state index in [4.69, 9.17) is 9.47 Å². The van der Waals surface area contributed by atoms with Crippen molar-refractivity contribution in [1.29, 1.82) is 0 Å². The summed E-state index contributed by atoms with van der Waals surface area (Å²) in [6.45, 7) is 3.18. The molecule has 2 aliphatic heterocycles. The lowest BCUT2D eigenvalue weighted by atomic mass is 9.77. The second-order valence-electron chi connectivity index (χ2n) is 6.84. The lowest BCUT2D eigenvalue weighted by molar-refractivity contribution is -0.137. The zero-order valence-electron chi connectivity index (χ0n) is 13.4. The fourth-order valence-electron chi connectivity index (χ4n) is 4.29. The first-order chi connectivity index (χ1) is 10.2. The van der Waals surface area contributed by atoms with Gasteiger partial charge in [-0.3, -0.25) is 4.79 Å². The number of carbonyl (C=O) groups is 1. The first kappa shape index (κ1) is 18.0. The minimum Gasteiger partial charge on any atom is -0.384 e. The van der Waals surface area contributed by atoms with Crippen molar-refractivity contribution in [3.05, 3.63) is 0 Å². The van der Waals surface area contributed by atoms with Crippen molar-refractivity contribution < 1.29 is 14.3 Å². The molecule has 3 aliphatic rings. The van der Waals surface area contributed by atoms with E-state index in [9.17, 15) is 4.79 Å². The summed E-state index contributed by atoms with van der Waals surface area (Å²) in [5.74, 6) is 0.715. The Kier molecular flexibility index (Phi) is 6.50. The number of hydrogen-bond donors (Lipinski definition) is 2. The smallest absolute Gasteiger partial charge is 0.228 e. The molecule has 1 aliphatic carbocycles. The topological polar surface area (TPSA) is 59.6 Å². The van der Waals surface area contributed by atoms with Gasteiger partial charge in [0.15, 0.2) is 0 Å². The number of methoxy groups -OCH3 is 1. The van der Waals surface area contributed by atoms with Crippen LogP contribution in [0.5, 0.6) is 0 Å². The number of carbonyl (C=O) groups excluding carboxylic acids is 1. The van der Waals surface area contributed by atoms with Gasteiger partial charge in [0.05, 0.1) is 18.1 Å². The highest BCUT2D eigenvalue weighted by atomic mass is 35.5. The molecule has 2 N–H and O–H groups in total. The van der Waals surface area contributed by atoms with Crippen molar-refractivity contribution in [2.24, 2.45) is 11.3 Å². The van der Waals surface area contributed by atoms with Crippen LogP contribution in [0, 0.1) is 11.3 Å². The molecule has 128 valence electrons. The Hall–Kier alpha value is -0.360. The van der Waals surface area contributed by atoms with E-state index in [0.717, 1.165) is 58.2 Å². The summed E-state index contributed by atoms with van der Waals surface area (Å²) in [7, 11) is 1.69. The Morgan fingerprint density at radius 1 is 1.32 bits per heavy atom. The number of fused-ring (bicyclic) bond motifs is 1. The Labute approximate surface area is 139 Å². The standard InChI is InChI=1S/C16H28N2O3.ClH/c1-20-11-16(6-8-17-9-7-16)15(19)18-13-3-2-4-14-12(13)5-10-21-14;/h12-14,17H,2-11H2,1H3,(H,18,19);1H. The van der Waals surface area contributed by atoms with E-state index < -0.39 is 0 Å². The van der Waals surface area contributed by atoms with Crippen LogP contribution in [0.1, 0.15) is 38.5 Å². The molecule has 0 radical (unpaired) electrons. The molecule has 1 amide bonds. The van der Waals surface area contributed by atoms with Gasteiger partial charge in [0.25, 0.3) is 0 Å². The molecular weight excluding hydrogens is 304 g/mol. The fraction of sp³-hybridized carbons (Fsp3) is 0.938. The third kappa shape index (κ3) is 3.58. The van der Waals surface area contributed by atoms with Gasteiger partial charge in [-0.15, -0.1) is 12.4 Å². The Balaban J connectivity index is 0.00000176. The summed E-state index contributed by atoms with van der Waals surface area (Å²) in [6, 6.07) is 0.294. The van der Waals surface area contributed by atoms with Gasteiger partial charge in [0.2, 0.25) is 5.91 Å². The van der Waals surface area contributed by atoms with Gasteiger partial charge in [0, 0.05) is 25.7 Å². The summed E-state index contributed by atoms with van der Waals surface area (Å²) in [5.41, 5.74) is -0.341. The number of nitrogens with one attached hydrogen (secondary N) is 2. The van der Waals surface area contributed by atoms with Crippen molar-refractivity contribution in [2.75, 3.05) is 33.4 Å².